The Labute approximate surface area is 131 Å². The number of benzene rings is 2. The lowest BCUT2D eigenvalue weighted by Crippen LogP contribution is -2.13. The molecule has 2 aromatic carbocycles. The number of halogens is 2. The van der Waals surface area contributed by atoms with Crippen LogP contribution in [0.3, 0.4) is 0 Å². The summed E-state index contributed by atoms with van der Waals surface area (Å²) < 4.78 is 0. The number of carbonyl (C=O) groups excluding carboxylic acids is 1. The minimum atomic E-state index is -1.16. The molecule has 0 heterocycles. The molecule has 0 fully saturated rings. The van der Waals surface area contributed by atoms with Gasteiger partial charge in [-0.2, -0.15) is 0 Å². The molecule has 1 amide bonds. The van der Waals surface area contributed by atoms with Crippen molar-refractivity contribution in [3.63, 3.8) is 0 Å². The van der Waals surface area contributed by atoms with E-state index in [4.69, 9.17) is 28.3 Å². The van der Waals surface area contributed by atoms with Gasteiger partial charge in [0.2, 0.25) is 0 Å². The van der Waals surface area contributed by atoms with Crippen LogP contribution in [0.25, 0.3) is 0 Å². The number of amides is 1. The fraction of sp³-hybridized carbons (Fsp3) is 0.0667. The summed E-state index contributed by atoms with van der Waals surface area (Å²) in [6, 6.07) is 9.30. The highest BCUT2D eigenvalue weighted by Crippen LogP contribution is 2.23. The topological polar surface area (TPSA) is 66.4 Å². The highest BCUT2D eigenvalue weighted by molar-refractivity contribution is 6.35. The summed E-state index contributed by atoms with van der Waals surface area (Å²) in [6.45, 7) is 1.87. The van der Waals surface area contributed by atoms with Crippen LogP contribution in [0.2, 0.25) is 10.0 Å². The minimum Gasteiger partial charge on any atom is -0.478 e. The maximum absolute atomic E-state index is 12.1. The van der Waals surface area contributed by atoms with Gasteiger partial charge < -0.3 is 10.4 Å². The first-order valence-corrected chi connectivity index (χ1v) is 6.74. The van der Waals surface area contributed by atoms with E-state index in [9.17, 15) is 9.59 Å². The average molecular weight is 324 g/mol. The highest BCUT2D eigenvalue weighted by atomic mass is 35.5. The Morgan fingerprint density at radius 3 is 2.33 bits per heavy atom. The molecule has 0 bridgehead atoms. The van der Waals surface area contributed by atoms with E-state index >= 15 is 0 Å². The summed E-state index contributed by atoms with van der Waals surface area (Å²) in [4.78, 5) is 23.1. The van der Waals surface area contributed by atoms with Crippen molar-refractivity contribution in [1.29, 1.82) is 0 Å². The van der Waals surface area contributed by atoms with Crippen LogP contribution in [-0.2, 0) is 0 Å². The number of nitrogens with one attached hydrogen (secondary N) is 1. The van der Waals surface area contributed by atoms with Gasteiger partial charge in [0.1, 0.15) is 0 Å². The number of rotatable bonds is 3. The number of anilines is 1. The van der Waals surface area contributed by atoms with Crippen LogP contribution < -0.4 is 5.32 Å². The van der Waals surface area contributed by atoms with Crippen molar-refractivity contribution in [2.75, 3.05) is 5.32 Å². The van der Waals surface area contributed by atoms with Crippen LogP contribution in [0, 0.1) is 6.92 Å². The van der Waals surface area contributed by atoms with E-state index < -0.39 is 11.9 Å². The van der Waals surface area contributed by atoms with E-state index in [0.717, 1.165) is 5.56 Å². The largest absolute Gasteiger partial charge is 0.478 e. The summed E-state index contributed by atoms with van der Waals surface area (Å²) >= 11 is 11.8. The molecule has 0 atom stereocenters. The van der Waals surface area contributed by atoms with Crippen molar-refractivity contribution in [3.8, 4) is 0 Å². The van der Waals surface area contributed by atoms with Crippen LogP contribution in [0.4, 0.5) is 5.69 Å². The second-order valence-corrected chi connectivity index (χ2v) is 5.25. The van der Waals surface area contributed by atoms with E-state index in [-0.39, 0.29) is 10.6 Å². The number of carboxylic acids is 1. The maximum atomic E-state index is 12.1. The number of hydrogen-bond donors (Lipinski definition) is 2. The lowest BCUT2D eigenvalue weighted by Gasteiger charge is -2.09. The zero-order valence-corrected chi connectivity index (χ0v) is 12.5. The average Bonchev–Trinajstić information content (AvgIpc) is 2.40. The lowest BCUT2D eigenvalue weighted by molar-refractivity contribution is 0.0696. The molecule has 2 rings (SSSR count). The van der Waals surface area contributed by atoms with Gasteiger partial charge in [0.25, 0.3) is 5.91 Å². The van der Waals surface area contributed by atoms with Crippen LogP contribution in [-0.4, -0.2) is 17.0 Å². The van der Waals surface area contributed by atoms with Gasteiger partial charge in [0.15, 0.2) is 0 Å². The zero-order valence-electron chi connectivity index (χ0n) is 11.0. The van der Waals surface area contributed by atoms with Gasteiger partial charge in [-0.15, -0.1) is 0 Å². The predicted molar refractivity (Wildman–Crippen MR) is 82.6 cm³/mol. The minimum absolute atomic E-state index is 0.0792. The fourth-order valence-corrected chi connectivity index (χ4v) is 2.29. The van der Waals surface area contributed by atoms with E-state index in [1.54, 1.807) is 18.2 Å². The van der Waals surface area contributed by atoms with E-state index in [1.165, 1.54) is 18.2 Å². The molecule has 2 aromatic rings. The molecule has 0 unspecified atom stereocenters. The van der Waals surface area contributed by atoms with Crippen molar-refractivity contribution in [1.82, 2.24) is 0 Å². The van der Waals surface area contributed by atoms with E-state index in [1.807, 2.05) is 6.92 Å². The van der Waals surface area contributed by atoms with E-state index in [0.29, 0.717) is 16.3 Å². The quantitative estimate of drug-likeness (QED) is 0.887. The SMILES string of the molecule is Cc1ccc(C(=O)Nc2ccc(Cl)c(C(=O)O)c2)c(Cl)c1. The third kappa shape index (κ3) is 3.54. The standard InChI is InChI=1S/C15H11Cl2NO3/c1-8-2-4-10(13(17)6-8)14(19)18-9-3-5-12(16)11(7-9)15(20)21/h2-7H,1H3,(H,18,19)(H,20,21). The monoisotopic (exact) mass is 323 g/mol. The van der Waals surface area contributed by atoms with Gasteiger partial charge in [0.05, 0.1) is 21.2 Å². The third-order valence-electron chi connectivity index (χ3n) is 2.82. The summed E-state index contributed by atoms with van der Waals surface area (Å²) in [5.41, 5.74) is 1.51. The van der Waals surface area contributed by atoms with Gasteiger partial charge in [-0.05, 0) is 42.8 Å². The molecule has 0 aliphatic rings. The summed E-state index contributed by atoms with van der Waals surface area (Å²) in [5, 5.41) is 12.0. The van der Waals surface area contributed by atoms with Gasteiger partial charge >= 0.3 is 5.97 Å². The number of carboxylic acid groups (broad SMARTS) is 1. The smallest absolute Gasteiger partial charge is 0.337 e. The van der Waals surface area contributed by atoms with Gasteiger partial charge in [-0.3, -0.25) is 4.79 Å². The highest BCUT2D eigenvalue weighted by Gasteiger charge is 2.13. The summed E-state index contributed by atoms with van der Waals surface area (Å²) in [5.74, 6) is -1.58. The van der Waals surface area contributed by atoms with Crippen molar-refractivity contribution in [2.24, 2.45) is 0 Å². The number of hydrogen-bond acceptors (Lipinski definition) is 2. The van der Waals surface area contributed by atoms with Crippen molar-refractivity contribution in [3.05, 3.63) is 63.1 Å². The number of aryl methyl sites for hydroxylation is 1. The molecular formula is C15H11Cl2NO3. The molecule has 0 aliphatic carbocycles. The Balaban J connectivity index is 2.27. The molecule has 21 heavy (non-hydrogen) atoms. The van der Waals surface area contributed by atoms with Gasteiger partial charge in [-0.25, -0.2) is 4.79 Å². The third-order valence-corrected chi connectivity index (χ3v) is 3.47. The first kappa shape index (κ1) is 15.4. The molecule has 0 aromatic heterocycles. The molecule has 0 aliphatic heterocycles. The first-order valence-electron chi connectivity index (χ1n) is 5.99. The molecule has 2 N–H and O–H groups in total. The second-order valence-electron chi connectivity index (χ2n) is 4.44. The Kier molecular flexibility index (Phi) is 4.50. The van der Waals surface area contributed by atoms with Crippen molar-refractivity contribution < 1.29 is 14.7 Å². The normalized spacial score (nSPS) is 10.2. The Morgan fingerprint density at radius 1 is 1.00 bits per heavy atom. The Bertz CT molecular complexity index is 729. The van der Waals surface area contributed by atoms with E-state index in [2.05, 4.69) is 5.32 Å². The first-order chi connectivity index (χ1) is 9.88. The van der Waals surface area contributed by atoms with Crippen LogP contribution >= 0.6 is 23.2 Å². The Morgan fingerprint density at radius 2 is 1.71 bits per heavy atom. The number of aromatic carboxylic acids is 1. The molecule has 0 spiro atoms. The van der Waals surface area contributed by atoms with Crippen molar-refractivity contribution in [2.45, 2.75) is 6.92 Å². The predicted octanol–water partition coefficient (Wildman–Crippen LogP) is 4.25. The molecule has 0 saturated heterocycles. The van der Waals surface area contributed by atoms with Crippen LogP contribution in [0.15, 0.2) is 36.4 Å². The molecule has 0 saturated carbocycles. The zero-order chi connectivity index (χ0) is 15.6. The van der Waals surface area contributed by atoms with Crippen LogP contribution in [0.1, 0.15) is 26.3 Å². The Hall–Kier alpha value is -2.04. The van der Waals surface area contributed by atoms with Crippen molar-refractivity contribution >= 4 is 40.8 Å². The molecular weight excluding hydrogens is 313 g/mol. The molecule has 108 valence electrons. The summed E-state index contributed by atoms with van der Waals surface area (Å²) in [7, 11) is 0. The molecule has 0 radical (unpaired) electrons. The number of carbonyl (C=O) groups is 2. The van der Waals surface area contributed by atoms with Gasteiger partial charge in [-0.1, -0.05) is 29.3 Å². The lowest BCUT2D eigenvalue weighted by atomic mass is 10.1. The summed E-state index contributed by atoms with van der Waals surface area (Å²) in [6.07, 6.45) is 0. The fourth-order valence-electron chi connectivity index (χ4n) is 1.77. The second kappa shape index (κ2) is 6.16. The van der Waals surface area contributed by atoms with Gasteiger partial charge in [0, 0.05) is 5.69 Å². The molecule has 4 nitrogen and oxygen atoms in total. The molecule has 6 heteroatoms. The maximum Gasteiger partial charge on any atom is 0.337 e. The van der Waals surface area contributed by atoms with Crippen LogP contribution in [0.5, 0.6) is 0 Å².